The molecule has 1 aromatic carbocycles. The molecule has 7 nitrogen and oxygen atoms in total. The second-order valence-corrected chi connectivity index (χ2v) is 7.70. The van der Waals surface area contributed by atoms with E-state index in [-0.39, 0.29) is 17.6 Å². The van der Waals surface area contributed by atoms with Crippen molar-refractivity contribution in [3.8, 4) is 11.8 Å². The Kier molecular flexibility index (Phi) is 5.94. The highest BCUT2D eigenvalue weighted by atomic mass is 16.5. The summed E-state index contributed by atoms with van der Waals surface area (Å²) in [6, 6.07) is 9.87. The Bertz CT molecular complexity index is 822. The summed E-state index contributed by atoms with van der Waals surface area (Å²) >= 11 is 0. The quantitative estimate of drug-likeness (QED) is 0.772. The second kappa shape index (κ2) is 8.78. The lowest BCUT2D eigenvalue weighted by molar-refractivity contribution is -0.151. The van der Waals surface area contributed by atoms with Gasteiger partial charge >= 0.3 is 6.01 Å². The van der Waals surface area contributed by atoms with E-state index in [1.165, 1.54) is 0 Å². The largest absolute Gasteiger partial charge is 0.497 e. The third-order valence-electron chi connectivity index (χ3n) is 5.78. The number of likely N-dealkylation sites (tertiary alicyclic amines) is 1. The molecule has 7 heteroatoms. The van der Waals surface area contributed by atoms with Crippen LogP contribution >= 0.6 is 0 Å². The third-order valence-corrected chi connectivity index (χ3v) is 5.78. The van der Waals surface area contributed by atoms with Gasteiger partial charge in [-0.2, -0.15) is 0 Å². The molecule has 154 valence electrons. The normalized spacial score (nSPS) is 21.0. The average Bonchev–Trinajstić information content (AvgIpc) is 2.75. The van der Waals surface area contributed by atoms with Gasteiger partial charge in [0, 0.05) is 38.3 Å². The molecule has 1 spiro atoms. The summed E-state index contributed by atoms with van der Waals surface area (Å²) in [6.07, 6.45) is 7.10. The number of hydrogen-bond acceptors (Lipinski definition) is 6. The predicted molar refractivity (Wildman–Crippen MR) is 107 cm³/mol. The molecule has 2 fully saturated rings. The first kappa shape index (κ1) is 19.6. The molecule has 4 rings (SSSR count). The van der Waals surface area contributed by atoms with Crippen LogP contribution in [-0.2, 0) is 16.0 Å². The van der Waals surface area contributed by atoms with Crippen molar-refractivity contribution in [2.24, 2.45) is 0 Å². The monoisotopic (exact) mass is 397 g/mol. The first-order valence-corrected chi connectivity index (χ1v) is 10.1. The van der Waals surface area contributed by atoms with Gasteiger partial charge < -0.3 is 19.1 Å². The van der Waals surface area contributed by atoms with E-state index < -0.39 is 0 Å². The number of benzene rings is 1. The molecule has 2 aliphatic heterocycles. The van der Waals surface area contributed by atoms with Gasteiger partial charge in [0.25, 0.3) is 0 Å². The second-order valence-electron chi connectivity index (χ2n) is 7.70. The summed E-state index contributed by atoms with van der Waals surface area (Å²) in [5, 5.41) is 0. The Labute approximate surface area is 171 Å². The van der Waals surface area contributed by atoms with Gasteiger partial charge in [-0.25, -0.2) is 9.97 Å². The highest BCUT2D eigenvalue weighted by molar-refractivity contribution is 5.79. The van der Waals surface area contributed by atoms with Crippen LogP contribution < -0.4 is 9.47 Å². The highest BCUT2D eigenvalue weighted by Gasteiger charge is 2.42. The number of carbonyl (C=O) groups is 1. The van der Waals surface area contributed by atoms with Crippen LogP contribution in [0.1, 0.15) is 31.2 Å². The Morgan fingerprint density at radius 2 is 2.03 bits per heavy atom. The van der Waals surface area contributed by atoms with Crippen LogP contribution in [0.4, 0.5) is 0 Å². The zero-order valence-corrected chi connectivity index (χ0v) is 16.8. The van der Waals surface area contributed by atoms with Crippen LogP contribution in [0.25, 0.3) is 0 Å². The van der Waals surface area contributed by atoms with Gasteiger partial charge in [-0.05, 0) is 36.6 Å². The fraction of sp³-hybridized carbons (Fsp3) is 0.500. The summed E-state index contributed by atoms with van der Waals surface area (Å²) in [6.45, 7) is 2.07. The summed E-state index contributed by atoms with van der Waals surface area (Å²) in [5.41, 5.74) is 0.754. The molecule has 0 bridgehead atoms. The van der Waals surface area contributed by atoms with Crippen molar-refractivity contribution in [3.63, 3.8) is 0 Å². The van der Waals surface area contributed by atoms with Gasteiger partial charge in [-0.1, -0.05) is 12.1 Å². The topological polar surface area (TPSA) is 73.8 Å². The van der Waals surface area contributed by atoms with Gasteiger partial charge in [-0.3, -0.25) is 4.79 Å². The summed E-state index contributed by atoms with van der Waals surface area (Å²) in [4.78, 5) is 23.0. The number of hydrogen-bond donors (Lipinski definition) is 0. The number of aromatic nitrogens is 2. The van der Waals surface area contributed by atoms with E-state index in [0.717, 1.165) is 37.0 Å². The lowest BCUT2D eigenvalue weighted by Crippen LogP contribution is -2.52. The standard InChI is InChI=1S/C22H27N3O4/c1-27-18-5-2-4-17(14-18)15-20(26)25-11-7-22(8-12-25)16-19(6-13-28-22)29-21-23-9-3-10-24-21/h2-5,9-10,14,19H,6-8,11-13,15-16H2,1H3. The van der Waals surface area contributed by atoms with E-state index >= 15 is 0 Å². The number of ether oxygens (including phenoxy) is 3. The molecule has 1 aromatic heterocycles. The number of nitrogens with zero attached hydrogens (tertiary/aromatic N) is 3. The Balaban J connectivity index is 1.31. The number of piperidine rings is 1. The molecular formula is C22H27N3O4. The van der Waals surface area contributed by atoms with E-state index in [1.54, 1.807) is 25.6 Å². The fourth-order valence-corrected chi connectivity index (χ4v) is 4.16. The Hall–Kier alpha value is -2.67. The molecule has 0 saturated carbocycles. The van der Waals surface area contributed by atoms with Crippen LogP contribution in [0.5, 0.6) is 11.8 Å². The van der Waals surface area contributed by atoms with E-state index in [4.69, 9.17) is 14.2 Å². The highest BCUT2D eigenvalue weighted by Crippen LogP contribution is 2.36. The van der Waals surface area contributed by atoms with Gasteiger partial charge in [0.2, 0.25) is 5.91 Å². The van der Waals surface area contributed by atoms with E-state index in [2.05, 4.69) is 9.97 Å². The van der Waals surface area contributed by atoms with Crippen molar-refractivity contribution in [2.75, 3.05) is 26.8 Å². The SMILES string of the molecule is COc1cccc(CC(=O)N2CCC3(CC2)CC(Oc2ncccn2)CCO3)c1. The molecule has 1 amide bonds. The smallest absolute Gasteiger partial charge is 0.316 e. The molecule has 2 saturated heterocycles. The predicted octanol–water partition coefficient (Wildman–Crippen LogP) is 2.65. The van der Waals surface area contributed by atoms with Gasteiger partial charge in [0.1, 0.15) is 11.9 Å². The maximum atomic E-state index is 12.7. The molecule has 0 aliphatic carbocycles. The van der Waals surface area contributed by atoms with Crippen molar-refractivity contribution >= 4 is 5.91 Å². The molecule has 29 heavy (non-hydrogen) atoms. The molecule has 0 N–H and O–H groups in total. The number of amides is 1. The molecular weight excluding hydrogens is 370 g/mol. The third kappa shape index (κ3) is 4.85. The first-order chi connectivity index (χ1) is 14.2. The number of rotatable bonds is 5. The van der Waals surface area contributed by atoms with Crippen LogP contribution in [0.15, 0.2) is 42.7 Å². The fourth-order valence-electron chi connectivity index (χ4n) is 4.16. The maximum Gasteiger partial charge on any atom is 0.316 e. The minimum Gasteiger partial charge on any atom is -0.497 e. The lowest BCUT2D eigenvalue weighted by atomic mass is 9.83. The van der Waals surface area contributed by atoms with Crippen molar-refractivity contribution in [1.29, 1.82) is 0 Å². The lowest BCUT2D eigenvalue weighted by Gasteiger charge is -2.45. The Morgan fingerprint density at radius 3 is 2.79 bits per heavy atom. The van der Waals surface area contributed by atoms with E-state index in [0.29, 0.717) is 32.1 Å². The van der Waals surface area contributed by atoms with E-state index in [9.17, 15) is 4.79 Å². The minimum atomic E-state index is -0.218. The summed E-state index contributed by atoms with van der Waals surface area (Å²) in [7, 11) is 1.64. The minimum absolute atomic E-state index is 0.0465. The van der Waals surface area contributed by atoms with Crippen molar-refractivity contribution in [3.05, 3.63) is 48.3 Å². The van der Waals surface area contributed by atoms with Crippen molar-refractivity contribution in [1.82, 2.24) is 14.9 Å². The summed E-state index contributed by atoms with van der Waals surface area (Å²) in [5.74, 6) is 0.923. The van der Waals surface area contributed by atoms with Crippen LogP contribution in [0, 0.1) is 0 Å². The van der Waals surface area contributed by atoms with Crippen LogP contribution in [0.2, 0.25) is 0 Å². The number of carbonyl (C=O) groups excluding carboxylic acids is 1. The van der Waals surface area contributed by atoms with Gasteiger partial charge in [0.15, 0.2) is 0 Å². The maximum absolute atomic E-state index is 12.7. The van der Waals surface area contributed by atoms with Gasteiger partial charge in [-0.15, -0.1) is 0 Å². The molecule has 0 radical (unpaired) electrons. The number of methoxy groups -OCH3 is 1. The molecule has 2 aromatic rings. The van der Waals surface area contributed by atoms with Crippen LogP contribution in [-0.4, -0.2) is 59.3 Å². The molecule has 2 aliphatic rings. The first-order valence-electron chi connectivity index (χ1n) is 10.1. The van der Waals surface area contributed by atoms with E-state index in [1.807, 2.05) is 29.2 Å². The zero-order chi connectivity index (χ0) is 20.1. The van der Waals surface area contributed by atoms with Crippen molar-refractivity contribution < 1.29 is 19.0 Å². The average molecular weight is 397 g/mol. The zero-order valence-electron chi connectivity index (χ0n) is 16.8. The molecule has 1 unspecified atom stereocenters. The molecule has 1 atom stereocenters. The van der Waals surface area contributed by atoms with Crippen molar-refractivity contribution in [2.45, 2.75) is 43.8 Å². The Morgan fingerprint density at radius 1 is 1.24 bits per heavy atom. The van der Waals surface area contributed by atoms with Crippen LogP contribution in [0.3, 0.4) is 0 Å². The van der Waals surface area contributed by atoms with Gasteiger partial charge in [0.05, 0.1) is 25.7 Å². The molecule has 3 heterocycles. The summed E-state index contributed by atoms with van der Waals surface area (Å²) < 4.78 is 17.4.